The normalized spacial score (nSPS) is 13.7. The topological polar surface area (TPSA) is 89.8 Å². The minimum absolute atomic E-state index is 0.143. The summed E-state index contributed by atoms with van der Waals surface area (Å²) in [5.74, 6) is -0.143. The van der Waals surface area contributed by atoms with Crippen LogP contribution in [0.1, 0.15) is 206 Å². The van der Waals surface area contributed by atoms with E-state index < -0.39 is 18.2 Å². The average molecular weight is 598 g/mol. The van der Waals surface area contributed by atoms with Gasteiger partial charge >= 0.3 is 0 Å². The van der Waals surface area contributed by atoms with Crippen molar-refractivity contribution in [3.63, 3.8) is 0 Å². The van der Waals surface area contributed by atoms with E-state index >= 15 is 0 Å². The smallest absolute Gasteiger partial charge is 0.220 e. The Morgan fingerprint density at radius 1 is 0.500 bits per heavy atom. The Bertz CT molecular complexity index is 544. The number of carbonyl (C=O) groups is 1. The van der Waals surface area contributed by atoms with Gasteiger partial charge < -0.3 is 20.6 Å². The SMILES string of the molecule is CCCCCCCCCCCCCCCCCC(=O)N[C@@H](CO)[C@H](O)[C@H](O)CCCCCCCCCCCCCCC. The largest absolute Gasteiger partial charge is 0.394 e. The Balaban J connectivity index is 3.65. The minimum atomic E-state index is -1.13. The van der Waals surface area contributed by atoms with Gasteiger partial charge in [0.2, 0.25) is 5.91 Å². The number of aliphatic hydroxyl groups is 3. The molecule has 5 nitrogen and oxygen atoms in total. The highest BCUT2D eigenvalue weighted by Crippen LogP contribution is 2.16. The standard InChI is InChI=1S/C37H75NO4/c1-3-5-7-9-11-13-15-17-18-20-22-24-26-28-30-32-36(41)38-34(33-39)37(42)35(40)31-29-27-25-23-21-19-16-14-12-10-8-6-4-2/h34-35,37,39-40,42H,3-33H2,1-2H3,(H,38,41)/t34-,35+,37-/m0/s1. The molecule has 0 radical (unpaired) electrons. The van der Waals surface area contributed by atoms with Gasteiger partial charge in [-0.05, 0) is 12.8 Å². The van der Waals surface area contributed by atoms with Gasteiger partial charge in [-0.2, -0.15) is 0 Å². The van der Waals surface area contributed by atoms with Crippen molar-refractivity contribution in [3.8, 4) is 0 Å². The highest BCUT2D eigenvalue weighted by molar-refractivity contribution is 5.76. The Morgan fingerprint density at radius 3 is 1.14 bits per heavy atom. The number of hydrogen-bond acceptors (Lipinski definition) is 4. The molecule has 0 rings (SSSR count). The number of unbranched alkanes of at least 4 members (excludes halogenated alkanes) is 26. The van der Waals surface area contributed by atoms with Crippen LogP contribution >= 0.6 is 0 Å². The molecule has 0 aromatic carbocycles. The fourth-order valence-electron chi connectivity index (χ4n) is 5.99. The lowest BCUT2D eigenvalue weighted by molar-refractivity contribution is -0.124. The summed E-state index contributed by atoms with van der Waals surface area (Å²) < 4.78 is 0. The molecule has 0 aromatic heterocycles. The molecule has 0 aliphatic carbocycles. The molecule has 0 heterocycles. The van der Waals surface area contributed by atoms with Crippen molar-refractivity contribution in [1.82, 2.24) is 5.32 Å². The number of nitrogens with one attached hydrogen (secondary N) is 1. The molecule has 0 bridgehead atoms. The van der Waals surface area contributed by atoms with Crippen molar-refractivity contribution in [1.29, 1.82) is 0 Å². The van der Waals surface area contributed by atoms with E-state index in [4.69, 9.17) is 0 Å². The van der Waals surface area contributed by atoms with Crippen molar-refractivity contribution in [3.05, 3.63) is 0 Å². The van der Waals surface area contributed by atoms with Crippen LogP contribution in [-0.2, 0) is 4.79 Å². The van der Waals surface area contributed by atoms with Crippen molar-refractivity contribution >= 4 is 5.91 Å². The molecule has 4 N–H and O–H groups in total. The molecule has 0 aromatic rings. The summed E-state index contributed by atoms with van der Waals surface area (Å²) in [6.07, 6.45) is 34.7. The van der Waals surface area contributed by atoms with Gasteiger partial charge in [0.15, 0.2) is 0 Å². The molecule has 0 fully saturated rings. The van der Waals surface area contributed by atoms with Crippen molar-refractivity contribution in [2.75, 3.05) is 6.61 Å². The summed E-state index contributed by atoms with van der Waals surface area (Å²) in [7, 11) is 0. The van der Waals surface area contributed by atoms with Crippen LogP contribution in [0.15, 0.2) is 0 Å². The van der Waals surface area contributed by atoms with Gasteiger partial charge in [-0.25, -0.2) is 0 Å². The zero-order chi connectivity index (χ0) is 30.9. The van der Waals surface area contributed by atoms with E-state index in [9.17, 15) is 20.1 Å². The maximum atomic E-state index is 12.3. The molecule has 0 saturated carbocycles. The molecule has 3 atom stereocenters. The molecule has 0 saturated heterocycles. The molecule has 0 unspecified atom stereocenters. The molecule has 0 spiro atoms. The summed E-state index contributed by atoms with van der Waals surface area (Å²) >= 11 is 0. The first-order valence-corrected chi connectivity index (χ1v) is 18.8. The van der Waals surface area contributed by atoms with Crippen LogP contribution in [0.3, 0.4) is 0 Å². The monoisotopic (exact) mass is 598 g/mol. The first-order chi connectivity index (χ1) is 20.6. The number of aliphatic hydroxyl groups excluding tert-OH is 3. The number of rotatable bonds is 34. The van der Waals surface area contributed by atoms with E-state index in [-0.39, 0.29) is 12.5 Å². The fourth-order valence-corrected chi connectivity index (χ4v) is 5.99. The summed E-state index contributed by atoms with van der Waals surface area (Å²) in [5.41, 5.74) is 0. The lowest BCUT2D eigenvalue weighted by Crippen LogP contribution is -2.50. The number of amides is 1. The predicted octanol–water partition coefficient (Wildman–Crippen LogP) is 9.93. The lowest BCUT2D eigenvalue weighted by atomic mass is 9.99. The van der Waals surface area contributed by atoms with Gasteiger partial charge in [0.05, 0.1) is 18.8 Å². The molecule has 0 aliphatic rings. The average Bonchev–Trinajstić information content (AvgIpc) is 2.99. The van der Waals surface area contributed by atoms with E-state index in [0.29, 0.717) is 12.8 Å². The third-order valence-corrected chi connectivity index (χ3v) is 8.96. The first-order valence-electron chi connectivity index (χ1n) is 18.8. The fraction of sp³-hybridized carbons (Fsp3) is 0.973. The van der Waals surface area contributed by atoms with Crippen molar-refractivity contribution in [2.45, 2.75) is 225 Å². The lowest BCUT2D eigenvalue weighted by Gasteiger charge is -2.26. The van der Waals surface area contributed by atoms with Crippen LogP contribution in [0.4, 0.5) is 0 Å². The Labute approximate surface area is 262 Å². The van der Waals surface area contributed by atoms with Gasteiger partial charge in [-0.15, -0.1) is 0 Å². The van der Waals surface area contributed by atoms with Crippen LogP contribution < -0.4 is 5.32 Å². The summed E-state index contributed by atoms with van der Waals surface area (Å²) in [6.45, 7) is 4.17. The Morgan fingerprint density at radius 2 is 0.810 bits per heavy atom. The molecular formula is C37H75NO4. The van der Waals surface area contributed by atoms with Gasteiger partial charge in [-0.1, -0.05) is 187 Å². The summed E-state index contributed by atoms with van der Waals surface area (Å²) in [6, 6.07) is -0.800. The number of hydrogen-bond donors (Lipinski definition) is 4. The maximum Gasteiger partial charge on any atom is 0.220 e. The van der Waals surface area contributed by atoms with Crippen LogP contribution in [-0.4, -0.2) is 46.1 Å². The van der Waals surface area contributed by atoms with E-state index in [1.807, 2.05) is 0 Å². The van der Waals surface area contributed by atoms with Crippen molar-refractivity contribution < 1.29 is 20.1 Å². The van der Waals surface area contributed by atoms with Crippen LogP contribution in [0.25, 0.3) is 0 Å². The maximum absolute atomic E-state index is 12.3. The highest BCUT2D eigenvalue weighted by atomic mass is 16.3. The first kappa shape index (κ1) is 41.4. The van der Waals surface area contributed by atoms with Gasteiger partial charge in [0, 0.05) is 6.42 Å². The second kappa shape index (κ2) is 33.2. The van der Waals surface area contributed by atoms with E-state index in [1.165, 1.54) is 148 Å². The van der Waals surface area contributed by atoms with Crippen molar-refractivity contribution in [2.24, 2.45) is 0 Å². The molecule has 1 amide bonds. The Kier molecular flexibility index (Phi) is 32.7. The molecule has 0 aliphatic heterocycles. The second-order valence-corrected chi connectivity index (χ2v) is 13.1. The van der Waals surface area contributed by atoms with Gasteiger partial charge in [0.1, 0.15) is 6.10 Å². The summed E-state index contributed by atoms with van der Waals surface area (Å²) in [5, 5.41) is 33.4. The van der Waals surface area contributed by atoms with E-state index in [0.717, 1.165) is 32.1 Å². The van der Waals surface area contributed by atoms with Gasteiger partial charge in [-0.3, -0.25) is 4.79 Å². The molecule has 42 heavy (non-hydrogen) atoms. The third kappa shape index (κ3) is 28.1. The van der Waals surface area contributed by atoms with Crippen LogP contribution in [0.2, 0.25) is 0 Å². The summed E-state index contributed by atoms with van der Waals surface area (Å²) in [4.78, 5) is 12.3. The zero-order valence-corrected chi connectivity index (χ0v) is 28.4. The van der Waals surface area contributed by atoms with E-state index in [2.05, 4.69) is 19.2 Å². The van der Waals surface area contributed by atoms with Crippen LogP contribution in [0, 0.1) is 0 Å². The Hall–Kier alpha value is -0.650. The zero-order valence-electron chi connectivity index (χ0n) is 28.4. The van der Waals surface area contributed by atoms with E-state index in [1.54, 1.807) is 0 Å². The van der Waals surface area contributed by atoms with Gasteiger partial charge in [0.25, 0.3) is 0 Å². The van der Waals surface area contributed by atoms with Crippen LogP contribution in [0.5, 0.6) is 0 Å². The quantitative estimate of drug-likeness (QED) is 0.0556. The predicted molar refractivity (Wildman–Crippen MR) is 181 cm³/mol. The number of carbonyl (C=O) groups excluding carboxylic acids is 1. The minimum Gasteiger partial charge on any atom is -0.394 e. The molecular weight excluding hydrogens is 522 g/mol. The highest BCUT2D eigenvalue weighted by Gasteiger charge is 2.26. The molecule has 252 valence electrons. The second-order valence-electron chi connectivity index (χ2n) is 13.1. The third-order valence-electron chi connectivity index (χ3n) is 8.96. The molecule has 5 heteroatoms.